The molecule has 0 radical (unpaired) electrons. The molecule has 0 saturated carbocycles. The first-order valence-electron chi connectivity index (χ1n) is 4.60. The van der Waals surface area contributed by atoms with E-state index in [0.717, 1.165) is 5.56 Å². The zero-order valence-electron chi connectivity index (χ0n) is 9.16. The summed E-state index contributed by atoms with van der Waals surface area (Å²) in [6, 6.07) is 3.40. The molecule has 4 nitrogen and oxygen atoms in total. The highest BCUT2D eigenvalue weighted by atomic mass is 16.5. The van der Waals surface area contributed by atoms with Gasteiger partial charge in [-0.15, -0.1) is 0 Å². The van der Waals surface area contributed by atoms with Crippen molar-refractivity contribution in [2.45, 2.75) is 6.92 Å². The average Bonchev–Trinajstić information content (AvgIpc) is 2.27. The molecule has 1 aromatic rings. The number of methoxy groups -OCH3 is 2. The quantitative estimate of drug-likeness (QED) is 0.756. The third kappa shape index (κ3) is 2.10. The minimum Gasteiger partial charge on any atom is -0.493 e. The molecule has 0 unspecified atom stereocenters. The molecule has 0 spiro atoms. The van der Waals surface area contributed by atoms with Crippen LogP contribution in [0.5, 0.6) is 11.5 Å². The maximum atomic E-state index is 11.5. The molecule has 2 N–H and O–H groups in total. The Balaban J connectivity index is 3.29. The van der Waals surface area contributed by atoms with Gasteiger partial charge in [-0.05, 0) is 19.1 Å². The molecule has 0 saturated heterocycles. The Hall–Kier alpha value is -1.55. The number of Topliss-reactive ketones (excluding diaryl/α,β-unsaturated/α-hetero) is 1. The zero-order valence-corrected chi connectivity index (χ0v) is 9.16. The summed E-state index contributed by atoms with van der Waals surface area (Å²) in [5.41, 5.74) is 6.65. The number of carbonyl (C=O) groups excluding carboxylic acids is 1. The average molecular weight is 209 g/mol. The Morgan fingerprint density at radius 1 is 1.33 bits per heavy atom. The van der Waals surface area contributed by atoms with Gasteiger partial charge in [-0.25, -0.2) is 0 Å². The third-order valence-corrected chi connectivity index (χ3v) is 2.28. The summed E-state index contributed by atoms with van der Waals surface area (Å²) in [6.07, 6.45) is 0. The van der Waals surface area contributed by atoms with Gasteiger partial charge in [0.2, 0.25) is 0 Å². The van der Waals surface area contributed by atoms with Crippen LogP contribution in [0.1, 0.15) is 15.9 Å². The van der Waals surface area contributed by atoms with Crippen LogP contribution in [0.25, 0.3) is 0 Å². The monoisotopic (exact) mass is 209 g/mol. The smallest absolute Gasteiger partial charge is 0.176 e. The van der Waals surface area contributed by atoms with E-state index in [0.29, 0.717) is 17.1 Å². The molecule has 0 aliphatic rings. The molecule has 1 rings (SSSR count). The number of benzene rings is 1. The molecule has 0 aliphatic carbocycles. The zero-order chi connectivity index (χ0) is 11.4. The molecule has 82 valence electrons. The number of rotatable bonds is 4. The maximum Gasteiger partial charge on any atom is 0.176 e. The SMILES string of the molecule is COc1ccc(C(=O)CN)c(C)c1OC. The molecular formula is C11H15NO3. The van der Waals surface area contributed by atoms with Crippen LogP contribution < -0.4 is 15.2 Å². The maximum absolute atomic E-state index is 11.5. The second kappa shape index (κ2) is 4.79. The lowest BCUT2D eigenvalue weighted by Crippen LogP contribution is -2.15. The Kier molecular flexibility index (Phi) is 3.68. The largest absolute Gasteiger partial charge is 0.493 e. The van der Waals surface area contributed by atoms with Gasteiger partial charge in [0, 0.05) is 11.1 Å². The fourth-order valence-electron chi connectivity index (χ4n) is 1.49. The lowest BCUT2D eigenvalue weighted by atomic mass is 10.0. The highest BCUT2D eigenvalue weighted by Crippen LogP contribution is 2.32. The van der Waals surface area contributed by atoms with Gasteiger partial charge in [-0.2, -0.15) is 0 Å². The number of nitrogens with two attached hydrogens (primary N) is 1. The van der Waals surface area contributed by atoms with Crippen LogP contribution in [0.3, 0.4) is 0 Å². The van der Waals surface area contributed by atoms with Crippen LogP contribution >= 0.6 is 0 Å². The molecule has 0 bridgehead atoms. The van der Waals surface area contributed by atoms with Gasteiger partial charge in [0.05, 0.1) is 20.8 Å². The molecule has 0 heterocycles. The summed E-state index contributed by atoms with van der Waals surface area (Å²) >= 11 is 0. The van der Waals surface area contributed by atoms with E-state index in [1.54, 1.807) is 26.4 Å². The summed E-state index contributed by atoms with van der Waals surface area (Å²) in [5.74, 6) is 1.09. The predicted octanol–water partition coefficient (Wildman–Crippen LogP) is 1.15. The molecular weight excluding hydrogens is 194 g/mol. The summed E-state index contributed by atoms with van der Waals surface area (Å²) in [6.45, 7) is 1.81. The topological polar surface area (TPSA) is 61.5 Å². The number of hydrogen-bond acceptors (Lipinski definition) is 4. The number of carbonyl (C=O) groups is 1. The van der Waals surface area contributed by atoms with Crippen molar-refractivity contribution >= 4 is 5.78 Å². The van der Waals surface area contributed by atoms with Crippen molar-refractivity contribution < 1.29 is 14.3 Å². The van der Waals surface area contributed by atoms with E-state index in [1.807, 2.05) is 6.92 Å². The van der Waals surface area contributed by atoms with E-state index in [9.17, 15) is 4.79 Å². The van der Waals surface area contributed by atoms with Gasteiger partial charge in [0.25, 0.3) is 0 Å². The molecule has 15 heavy (non-hydrogen) atoms. The number of ketones is 1. The Labute approximate surface area is 89.0 Å². The van der Waals surface area contributed by atoms with Crippen molar-refractivity contribution in [3.8, 4) is 11.5 Å². The van der Waals surface area contributed by atoms with Gasteiger partial charge >= 0.3 is 0 Å². The van der Waals surface area contributed by atoms with Crippen molar-refractivity contribution in [3.05, 3.63) is 23.3 Å². The van der Waals surface area contributed by atoms with E-state index in [2.05, 4.69) is 0 Å². The fourth-order valence-corrected chi connectivity index (χ4v) is 1.49. The Morgan fingerprint density at radius 3 is 2.47 bits per heavy atom. The highest BCUT2D eigenvalue weighted by molar-refractivity contribution is 5.99. The lowest BCUT2D eigenvalue weighted by Gasteiger charge is -2.12. The Morgan fingerprint density at radius 2 is 2.00 bits per heavy atom. The summed E-state index contributed by atoms with van der Waals surface area (Å²) < 4.78 is 10.3. The van der Waals surface area contributed by atoms with E-state index in [-0.39, 0.29) is 12.3 Å². The molecule has 1 aromatic carbocycles. The molecule has 0 amide bonds. The van der Waals surface area contributed by atoms with Crippen LogP contribution in [0, 0.1) is 6.92 Å². The van der Waals surface area contributed by atoms with E-state index in [1.165, 1.54) is 0 Å². The van der Waals surface area contributed by atoms with Crippen molar-refractivity contribution in [1.29, 1.82) is 0 Å². The molecule has 4 heteroatoms. The van der Waals surface area contributed by atoms with Crippen LogP contribution in [0.15, 0.2) is 12.1 Å². The summed E-state index contributed by atoms with van der Waals surface area (Å²) in [7, 11) is 3.10. The van der Waals surface area contributed by atoms with E-state index < -0.39 is 0 Å². The second-order valence-corrected chi connectivity index (χ2v) is 3.10. The first-order chi connectivity index (χ1) is 7.15. The van der Waals surface area contributed by atoms with Gasteiger partial charge in [-0.3, -0.25) is 4.79 Å². The molecule has 0 atom stereocenters. The summed E-state index contributed by atoms with van der Waals surface area (Å²) in [4.78, 5) is 11.5. The van der Waals surface area contributed by atoms with Crippen LogP contribution in [-0.4, -0.2) is 26.5 Å². The van der Waals surface area contributed by atoms with Crippen molar-refractivity contribution in [2.24, 2.45) is 5.73 Å². The minimum atomic E-state index is -0.103. The van der Waals surface area contributed by atoms with Crippen molar-refractivity contribution in [1.82, 2.24) is 0 Å². The second-order valence-electron chi connectivity index (χ2n) is 3.10. The number of ether oxygens (including phenoxy) is 2. The van der Waals surface area contributed by atoms with E-state index in [4.69, 9.17) is 15.2 Å². The predicted molar refractivity (Wildman–Crippen MR) is 57.7 cm³/mol. The normalized spacial score (nSPS) is 9.87. The Bertz CT molecular complexity index is 374. The van der Waals surface area contributed by atoms with Gasteiger partial charge < -0.3 is 15.2 Å². The number of hydrogen-bond donors (Lipinski definition) is 1. The lowest BCUT2D eigenvalue weighted by molar-refractivity contribution is 0.100. The van der Waals surface area contributed by atoms with Crippen LogP contribution in [0.4, 0.5) is 0 Å². The summed E-state index contributed by atoms with van der Waals surface area (Å²) in [5, 5.41) is 0. The minimum absolute atomic E-state index is 0.00365. The van der Waals surface area contributed by atoms with Crippen LogP contribution in [0.2, 0.25) is 0 Å². The first kappa shape index (κ1) is 11.5. The van der Waals surface area contributed by atoms with Crippen molar-refractivity contribution in [3.63, 3.8) is 0 Å². The van der Waals surface area contributed by atoms with Crippen LogP contribution in [-0.2, 0) is 0 Å². The molecule has 0 aliphatic heterocycles. The van der Waals surface area contributed by atoms with Gasteiger partial charge in [0.1, 0.15) is 0 Å². The first-order valence-corrected chi connectivity index (χ1v) is 4.60. The van der Waals surface area contributed by atoms with Gasteiger partial charge in [-0.1, -0.05) is 0 Å². The molecule has 0 aromatic heterocycles. The third-order valence-electron chi connectivity index (χ3n) is 2.28. The fraction of sp³-hybridized carbons (Fsp3) is 0.364. The highest BCUT2D eigenvalue weighted by Gasteiger charge is 2.14. The van der Waals surface area contributed by atoms with Gasteiger partial charge in [0.15, 0.2) is 17.3 Å². The molecule has 0 fully saturated rings. The van der Waals surface area contributed by atoms with E-state index >= 15 is 0 Å². The standard InChI is InChI=1S/C11H15NO3/c1-7-8(9(13)6-12)4-5-10(14-2)11(7)15-3/h4-5H,6,12H2,1-3H3. The van der Waals surface area contributed by atoms with Crippen molar-refractivity contribution in [2.75, 3.05) is 20.8 Å².